The van der Waals surface area contributed by atoms with Gasteiger partial charge in [-0.1, -0.05) is 13.3 Å². The third-order valence-corrected chi connectivity index (χ3v) is 3.40. The molecule has 0 amide bonds. The minimum absolute atomic E-state index is 0.225. The van der Waals surface area contributed by atoms with Crippen molar-refractivity contribution < 1.29 is 9.13 Å². The van der Waals surface area contributed by atoms with Gasteiger partial charge in [0, 0.05) is 6.54 Å². The molecule has 0 aliphatic heterocycles. The minimum atomic E-state index is -0.350. The zero-order valence-corrected chi connectivity index (χ0v) is 12.0. The van der Waals surface area contributed by atoms with Crippen molar-refractivity contribution in [1.29, 1.82) is 0 Å². The second-order valence-electron chi connectivity index (χ2n) is 4.77. The summed E-state index contributed by atoms with van der Waals surface area (Å²) in [6.07, 6.45) is 9.62. The molecule has 0 atom stereocenters. The molecule has 0 heterocycles. The normalized spacial score (nSPS) is 19.7. The van der Waals surface area contributed by atoms with Gasteiger partial charge in [0.25, 0.3) is 0 Å². The summed E-state index contributed by atoms with van der Waals surface area (Å²) in [4.78, 5) is 4.08. The van der Waals surface area contributed by atoms with Crippen molar-refractivity contribution in [3.05, 3.63) is 23.4 Å². The van der Waals surface area contributed by atoms with Crippen molar-refractivity contribution in [3.63, 3.8) is 0 Å². The molecular formula is C15H25FN2O. The summed E-state index contributed by atoms with van der Waals surface area (Å²) in [6.45, 7) is 3.95. The van der Waals surface area contributed by atoms with Crippen LogP contribution in [0.5, 0.6) is 0 Å². The summed E-state index contributed by atoms with van der Waals surface area (Å²) in [6, 6.07) is 0. The zero-order chi connectivity index (χ0) is 14.1. The maximum atomic E-state index is 13.7. The molecule has 0 unspecified atom stereocenters. The van der Waals surface area contributed by atoms with Crippen molar-refractivity contribution in [3.8, 4) is 0 Å². The molecule has 0 bridgehead atoms. The first-order chi connectivity index (χ1) is 9.21. The molecule has 1 fully saturated rings. The zero-order valence-electron chi connectivity index (χ0n) is 12.0. The summed E-state index contributed by atoms with van der Waals surface area (Å²) in [5.41, 5.74) is 6.05. The highest BCUT2D eigenvalue weighted by Crippen LogP contribution is 2.22. The molecule has 1 saturated carbocycles. The number of rotatable bonds is 6. The summed E-state index contributed by atoms with van der Waals surface area (Å²) in [7, 11) is 0. The standard InChI is InChI=1S/C15H25FN2O/c1-3-12(10-17)14(16)11-18-15(4-2)19-13-8-6-5-7-9-13/h4,11,13H,3,5-10,17H2,1-2H3/b14-12-,15-4-,18-11-. The first-order valence-corrected chi connectivity index (χ1v) is 7.15. The highest BCUT2D eigenvalue weighted by atomic mass is 19.1. The van der Waals surface area contributed by atoms with Crippen molar-refractivity contribution in [2.45, 2.75) is 58.5 Å². The van der Waals surface area contributed by atoms with Crippen LogP contribution < -0.4 is 5.73 Å². The van der Waals surface area contributed by atoms with E-state index in [0.29, 0.717) is 17.9 Å². The average molecular weight is 268 g/mol. The first-order valence-electron chi connectivity index (χ1n) is 7.15. The van der Waals surface area contributed by atoms with Gasteiger partial charge >= 0.3 is 0 Å². The Hall–Kier alpha value is -1.16. The lowest BCUT2D eigenvalue weighted by Crippen LogP contribution is -2.15. The number of hydrogen-bond acceptors (Lipinski definition) is 3. The van der Waals surface area contributed by atoms with E-state index in [4.69, 9.17) is 10.5 Å². The Morgan fingerprint density at radius 3 is 2.58 bits per heavy atom. The molecule has 0 aromatic heterocycles. The molecule has 1 rings (SSSR count). The van der Waals surface area contributed by atoms with Crippen LogP contribution in [0, 0.1) is 0 Å². The fourth-order valence-electron chi connectivity index (χ4n) is 2.15. The minimum Gasteiger partial charge on any atom is -0.475 e. The van der Waals surface area contributed by atoms with Crippen LogP contribution in [0.3, 0.4) is 0 Å². The summed E-state index contributed by atoms with van der Waals surface area (Å²) in [5, 5.41) is 0. The fourth-order valence-corrected chi connectivity index (χ4v) is 2.15. The molecule has 19 heavy (non-hydrogen) atoms. The third-order valence-electron chi connectivity index (χ3n) is 3.40. The molecule has 0 aromatic carbocycles. The van der Waals surface area contributed by atoms with Gasteiger partial charge in [-0.15, -0.1) is 0 Å². The van der Waals surface area contributed by atoms with Gasteiger partial charge in [0.1, 0.15) is 11.9 Å². The van der Waals surface area contributed by atoms with Crippen molar-refractivity contribution in [2.75, 3.05) is 6.54 Å². The molecule has 1 aliphatic rings. The van der Waals surface area contributed by atoms with E-state index >= 15 is 0 Å². The van der Waals surface area contributed by atoms with E-state index in [1.54, 1.807) is 6.08 Å². The van der Waals surface area contributed by atoms with Crippen LogP contribution in [-0.2, 0) is 4.74 Å². The van der Waals surface area contributed by atoms with Gasteiger partial charge in [-0.05, 0) is 50.7 Å². The van der Waals surface area contributed by atoms with E-state index in [1.165, 1.54) is 25.5 Å². The molecule has 2 N–H and O–H groups in total. The maximum absolute atomic E-state index is 13.7. The van der Waals surface area contributed by atoms with E-state index in [9.17, 15) is 4.39 Å². The Morgan fingerprint density at radius 1 is 1.37 bits per heavy atom. The van der Waals surface area contributed by atoms with E-state index < -0.39 is 0 Å². The van der Waals surface area contributed by atoms with Gasteiger partial charge < -0.3 is 10.5 Å². The molecular weight excluding hydrogens is 243 g/mol. The van der Waals surface area contributed by atoms with Gasteiger partial charge in [-0.3, -0.25) is 0 Å². The molecule has 108 valence electrons. The topological polar surface area (TPSA) is 47.6 Å². The van der Waals surface area contributed by atoms with Crippen LogP contribution in [0.15, 0.2) is 28.4 Å². The van der Waals surface area contributed by atoms with Gasteiger partial charge in [-0.2, -0.15) is 0 Å². The Balaban J connectivity index is 2.59. The molecule has 0 saturated heterocycles. The molecule has 0 radical (unpaired) electrons. The van der Waals surface area contributed by atoms with Crippen LogP contribution in [0.4, 0.5) is 4.39 Å². The van der Waals surface area contributed by atoms with Crippen molar-refractivity contribution in [1.82, 2.24) is 0 Å². The maximum Gasteiger partial charge on any atom is 0.209 e. The molecule has 3 nitrogen and oxygen atoms in total. The second kappa shape index (κ2) is 8.86. The summed E-state index contributed by atoms with van der Waals surface area (Å²) >= 11 is 0. The Kier molecular flexibility index (Phi) is 7.41. The van der Waals surface area contributed by atoms with Crippen molar-refractivity contribution in [2.24, 2.45) is 10.7 Å². The SMILES string of the molecule is C/C=C(/N=C\C(F)=C(/CC)CN)OC1CCCCC1. The molecule has 0 aromatic rings. The number of allylic oxidation sites excluding steroid dienone is 2. The predicted molar refractivity (Wildman–Crippen MR) is 77.7 cm³/mol. The lowest BCUT2D eigenvalue weighted by molar-refractivity contribution is 0.0812. The van der Waals surface area contributed by atoms with E-state index in [1.807, 2.05) is 13.8 Å². The fraction of sp³-hybridized carbons (Fsp3) is 0.667. The number of hydrogen-bond donors (Lipinski definition) is 1. The quantitative estimate of drug-likeness (QED) is 0.587. The smallest absolute Gasteiger partial charge is 0.209 e. The van der Waals surface area contributed by atoms with Crippen molar-refractivity contribution >= 4 is 6.21 Å². The largest absolute Gasteiger partial charge is 0.475 e. The van der Waals surface area contributed by atoms with Gasteiger partial charge in [0.15, 0.2) is 0 Å². The van der Waals surface area contributed by atoms with Crippen LogP contribution in [-0.4, -0.2) is 18.9 Å². The van der Waals surface area contributed by atoms with Crippen LogP contribution >= 0.6 is 0 Å². The van der Waals surface area contributed by atoms with E-state index in [-0.39, 0.29) is 18.5 Å². The molecule has 0 spiro atoms. The Labute approximate surface area is 115 Å². The summed E-state index contributed by atoms with van der Waals surface area (Å²) in [5.74, 6) is 0.145. The van der Waals surface area contributed by atoms with Gasteiger partial charge in [0.05, 0.1) is 6.21 Å². The number of ether oxygens (including phenoxy) is 1. The van der Waals surface area contributed by atoms with Gasteiger partial charge in [0.2, 0.25) is 5.88 Å². The monoisotopic (exact) mass is 268 g/mol. The highest BCUT2D eigenvalue weighted by molar-refractivity contribution is 5.77. The highest BCUT2D eigenvalue weighted by Gasteiger charge is 2.15. The van der Waals surface area contributed by atoms with E-state index in [2.05, 4.69) is 4.99 Å². The first kappa shape index (κ1) is 15.9. The van der Waals surface area contributed by atoms with Crippen LogP contribution in [0.1, 0.15) is 52.4 Å². The van der Waals surface area contributed by atoms with Crippen LogP contribution in [0.25, 0.3) is 0 Å². The average Bonchev–Trinajstić information content (AvgIpc) is 2.45. The number of nitrogens with two attached hydrogens (primary N) is 1. The van der Waals surface area contributed by atoms with E-state index in [0.717, 1.165) is 12.8 Å². The molecule has 4 heteroatoms. The Bertz CT molecular complexity index is 349. The van der Waals surface area contributed by atoms with Crippen LogP contribution in [0.2, 0.25) is 0 Å². The predicted octanol–water partition coefficient (Wildman–Crippen LogP) is 3.86. The van der Waals surface area contributed by atoms with Gasteiger partial charge in [-0.25, -0.2) is 9.38 Å². The lowest BCUT2D eigenvalue weighted by Gasteiger charge is -2.22. The lowest BCUT2D eigenvalue weighted by atomic mass is 9.98. The number of halogens is 1. The molecule has 1 aliphatic carbocycles. The number of aliphatic imine (C=N–C) groups is 1. The number of nitrogens with zero attached hydrogens (tertiary/aromatic N) is 1. The second-order valence-corrected chi connectivity index (χ2v) is 4.77. The Morgan fingerprint density at radius 2 is 2.05 bits per heavy atom. The third kappa shape index (κ3) is 5.55. The summed E-state index contributed by atoms with van der Waals surface area (Å²) < 4.78 is 19.5.